The summed E-state index contributed by atoms with van der Waals surface area (Å²) in [6.45, 7) is 3.21. The summed E-state index contributed by atoms with van der Waals surface area (Å²) in [6.07, 6.45) is 3.63. The number of likely N-dealkylation sites (tertiary alicyclic amines) is 2. The number of fused-ring (bicyclic) bond motifs is 1. The number of ether oxygens (including phenoxy) is 1. The molecule has 0 radical (unpaired) electrons. The van der Waals surface area contributed by atoms with Gasteiger partial charge in [-0.25, -0.2) is 0 Å². The van der Waals surface area contributed by atoms with E-state index in [0.717, 1.165) is 18.7 Å². The van der Waals surface area contributed by atoms with Gasteiger partial charge in [-0.2, -0.15) is 0 Å². The second-order valence-corrected chi connectivity index (χ2v) is 8.46. The molecule has 0 N–H and O–H groups in total. The first-order chi connectivity index (χ1) is 14.5. The molecular weight excluding hydrogens is 380 g/mol. The molecule has 2 aliphatic heterocycles. The number of nitrogens with zero attached hydrogens (tertiary/aromatic N) is 4. The Labute approximate surface area is 177 Å². The van der Waals surface area contributed by atoms with Crippen LogP contribution in [0.15, 0.2) is 54.9 Å². The highest BCUT2D eigenvalue weighted by molar-refractivity contribution is 5.86. The Hall–Kier alpha value is -2.93. The highest BCUT2D eigenvalue weighted by Crippen LogP contribution is 2.44. The van der Waals surface area contributed by atoms with E-state index in [9.17, 15) is 9.59 Å². The van der Waals surface area contributed by atoms with Gasteiger partial charge in [0.05, 0.1) is 5.41 Å². The lowest BCUT2D eigenvalue weighted by atomic mass is 9.80. The second-order valence-electron chi connectivity index (χ2n) is 8.46. The molecule has 7 nitrogen and oxygen atoms in total. The lowest BCUT2D eigenvalue weighted by Crippen LogP contribution is -2.47. The molecule has 1 aromatic heterocycles. The molecule has 2 amide bonds. The number of amides is 2. The van der Waals surface area contributed by atoms with Gasteiger partial charge in [-0.05, 0) is 23.8 Å². The minimum Gasteiger partial charge on any atom is -0.484 e. The maximum Gasteiger partial charge on any atom is 0.260 e. The lowest BCUT2D eigenvalue weighted by molar-refractivity contribution is -0.140. The number of carbonyl (C=O) groups excluding carboxylic acids is 2. The fraction of sp³-hybridized carbons (Fsp3) is 0.435. The first-order valence-electron chi connectivity index (χ1n) is 10.3. The van der Waals surface area contributed by atoms with Crippen LogP contribution in [0.1, 0.15) is 5.56 Å². The zero-order chi connectivity index (χ0) is 21.1. The molecular formula is C23H28N4O3. The largest absolute Gasteiger partial charge is 0.484 e. The normalized spacial score (nSPS) is 23.3. The van der Waals surface area contributed by atoms with Crippen molar-refractivity contribution >= 4 is 11.8 Å². The van der Waals surface area contributed by atoms with Gasteiger partial charge >= 0.3 is 0 Å². The number of hydrogen-bond donors (Lipinski definition) is 0. The summed E-state index contributed by atoms with van der Waals surface area (Å²) >= 11 is 0. The lowest BCUT2D eigenvalue weighted by Gasteiger charge is -2.31. The van der Waals surface area contributed by atoms with Crippen molar-refractivity contribution in [3.63, 3.8) is 0 Å². The average molecular weight is 409 g/mol. The molecule has 2 atom stereocenters. The van der Waals surface area contributed by atoms with E-state index in [2.05, 4.69) is 16.0 Å². The Balaban J connectivity index is 1.44. The van der Waals surface area contributed by atoms with E-state index in [0.29, 0.717) is 25.4 Å². The van der Waals surface area contributed by atoms with Gasteiger partial charge in [0.25, 0.3) is 5.91 Å². The standard InChI is InChI=1S/C23H28N4O3/c1-25(2)22(29)23-16-26(12-18-7-6-10-24-11-18)13-19(23)14-27(17-23)21(28)15-30-20-8-4-3-5-9-20/h3-11,19H,12-17H2,1-2H3/t19-,23-/m0/s1. The summed E-state index contributed by atoms with van der Waals surface area (Å²) in [5.41, 5.74) is 0.572. The molecule has 1 aromatic carbocycles. The smallest absolute Gasteiger partial charge is 0.260 e. The van der Waals surface area contributed by atoms with Crippen LogP contribution in [0.25, 0.3) is 0 Å². The van der Waals surface area contributed by atoms with E-state index in [1.54, 1.807) is 30.1 Å². The summed E-state index contributed by atoms with van der Waals surface area (Å²) in [4.78, 5) is 36.0. The van der Waals surface area contributed by atoms with Crippen molar-refractivity contribution in [2.24, 2.45) is 11.3 Å². The zero-order valence-corrected chi connectivity index (χ0v) is 17.5. The quantitative estimate of drug-likeness (QED) is 0.725. The molecule has 0 spiro atoms. The molecule has 0 aliphatic carbocycles. The maximum atomic E-state index is 13.2. The Morgan fingerprint density at radius 2 is 1.93 bits per heavy atom. The molecule has 0 unspecified atom stereocenters. The van der Waals surface area contributed by atoms with Crippen LogP contribution in [-0.2, 0) is 16.1 Å². The van der Waals surface area contributed by atoms with Crippen molar-refractivity contribution in [1.29, 1.82) is 0 Å². The molecule has 2 saturated heterocycles. The summed E-state index contributed by atoms with van der Waals surface area (Å²) in [7, 11) is 3.59. The fourth-order valence-corrected chi connectivity index (χ4v) is 4.73. The summed E-state index contributed by atoms with van der Waals surface area (Å²) < 4.78 is 5.64. The van der Waals surface area contributed by atoms with Gasteiger partial charge in [0.15, 0.2) is 6.61 Å². The van der Waals surface area contributed by atoms with Crippen LogP contribution in [0, 0.1) is 11.3 Å². The molecule has 7 heteroatoms. The van der Waals surface area contributed by atoms with E-state index in [-0.39, 0.29) is 24.3 Å². The van der Waals surface area contributed by atoms with E-state index in [4.69, 9.17) is 4.74 Å². The number of aromatic nitrogens is 1. The fourth-order valence-electron chi connectivity index (χ4n) is 4.73. The van der Waals surface area contributed by atoms with Crippen molar-refractivity contribution in [3.05, 3.63) is 60.4 Å². The predicted octanol–water partition coefficient (Wildman–Crippen LogP) is 1.51. The number of benzene rings is 1. The van der Waals surface area contributed by atoms with E-state index in [1.165, 1.54) is 0 Å². The minimum atomic E-state index is -0.561. The van der Waals surface area contributed by atoms with Crippen LogP contribution in [0.2, 0.25) is 0 Å². The van der Waals surface area contributed by atoms with Crippen LogP contribution in [0.4, 0.5) is 0 Å². The maximum absolute atomic E-state index is 13.2. The number of rotatable bonds is 6. The third-order valence-corrected chi connectivity index (χ3v) is 6.10. The van der Waals surface area contributed by atoms with E-state index >= 15 is 0 Å². The second kappa shape index (κ2) is 8.44. The molecule has 2 fully saturated rings. The van der Waals surface area contributed by atoms with Crippen LogP contribution in [0.5, 0.6) is 5.75 Å². The van der Waals surface area contributed by atoms with Gasteiger partial charge in [-0.15, -0.1) is 0 Å². The molecule has 30 heavy (non-hydrogen) atoms. The third kappa shape index (κ3) is 4.03. The third-order valence-electron chi connectivity index (χ3n) is 6.10. The Kier molecular flexibility index (Phi) is 5.72. The minimum absolute atomic E-state index is 0.0115. The molecule has 0 bridgehead atoms. The molecule has 4 rings (SSSR count). The summed E-state index contributed by atoms with van der Waals surface area (Å²) in [5.74, 6) is 0.815. The zero-order valence-electron chi connectivity index (χ0n) is 17.5. The monoisotopic (exact) mass is 408 g/mol. The van der Waals surface area contributed by atoms with Crippen molar-refractivity contribution in [2.75, 3.05) is 46.9 Å². The van der Waals surface area contributed by atoms with Crippen molar-refractivity contribution in [2.45, 2.75) is 6.54 Å². The van der Waals surface area contributed by atoms with Gasteiger partial charge in [-0.3, -0.25) is 19.5 Å². The summed E-state index contributed by atoms with van der Waals surface area (Å²) in [5, 5.41) is 0. The molecule has 3 heterocycles. The SMILES string of the molecule is CN(C)C(=O)[C@]12CN(Cc3cccnc3)C[C@H]1CN(C(=O)COc1ccccc1)C2. The van der Waals surface area contributed by atoms with Gasteiger partial charge < -0.3 is 14.5 Å². The number of para-hydroxylation sites is 1. The first-order valence-corrected chi connectivity index (χ1v) is 10.3. The van der Waals surface area contributed by atoms with Gasteiger partial charge in [0, 0.05) is 65.1 Å². The highest BCUT2D eigenvalue weighted by atomic mass is 16.5. The van der Waals surface area contributed by atoms with E-state index in [1.807, 2.05) is 42.6 Å². The van der Waals surface area contributed by atoms with E-state index < -0.39 is 5.41 Å². The Morgan fingerprint density at radius 1 is 1.13 bits per heavy atom. The average Bonchev–Trinajstić information content (AvgIpc) is 3.27. The highest BCUT2D eigenvalue weighted by Gasteiger charge is 2.58. The van der Waals surface area contributed by atoms with Crippen LogP contribution >= 0.6 is 0 Å². The molecule has 2 aromatic rings. The van der Waals surface area contributed by atoms with Gasteiger partial charge in [-0.1, -0.05) is 24.3 Å². The van der Waals surface area contributed by atoms with Crippen LogP contribution in [0.3, 0.4) is 0 Å². The van der Waals surface area contributed by atoms with Crippen LogP contribution in [-0.4, -0.2) is 78.4 Å². The molecule has 158 valence electrons. The topological polar surface area (TPSA) is 66.0 Å². The Bertz CT molecular complexity index is 890. The van der Waals surface area contributed by atoms with Gasteiger partial charge in [0.1, 0.15) is 5.75 Å². The molecule has 2 aliphatic rings. The van der Waals surface area contributed by atoms with Crippen molar-refractivity contribution < 1.29 is 14.3 Å². The predicted molar refractivity (Wildman–Crippen MR) is 113 cm³/mol. The number of pyridine rings is 1. The van der Waals surface area contributed by atoms with Crippen LogP contribution < -0.4 is 4.74 Å². The Morgan fingerprint density at radius 3 is 2.63 bits per heavy atom. The molecule has 0 saturated carbocycles. The number of carbonyl (C=O) groups is 2. The number of hydrogen-bond acceptors (Lipinski definition) is 5. The van der Waals surface area contributed by atoms with Crippen molar-refractivity contribution in [1.82, 2.24) is 19.7 Å². The van der Waals surface area contributed by atoms with Crippen molar-refractivity contribution in [3.8, 4) is 5.75 Å². The van der Waals surface area contributed by atoms with Gasteiger partial charge in [0.2, 0.25) is 5.91 Å². The summed E-state index contributed by atoms with van der Waals surface area (Å²) in [6, 6.07) is 13.3. The first kappa shape index (κ1) is 20.3.